The van der Waals surface area contributed by atoms with Crippen LogP contribution in [-0.4, -0.2) is 191 Å². The molecule has 25 unspecified atom stereocenters. The molecule has 0 aromatic rings. The van der Waals surface area contributed by atoms with Gasteiger partial charge >= 0.3 is 11.9 Å². The van der Waals surface area contributed by atoms with E-state index in [9.17, 15) is 70.9 Å². The van der Waals surface area contributed by atoms with Gasteiger partial charge in [0.1, 0.15) is 61.0 Å². The Morgan fingerprint density at radius 1 is 0.701 bits per heavy atom. The summed E-state index contributed by atoms with van der Waals surface area (Å²) in [6.45, 7) is 11.2. The number of aliphatic hydroxyl groups is 11. The predicted molar refractivity (Wildman–Crippen MR) is 228 cm³/mol. The van der Waals surface area contributed by atoms with Crippen LogP contribution in [0.15, 0.2) is 11.6 Å². The maximum absolute atomic E-state index is 14.2. The summed E-state index contributed by atoms with van der Waals surface area (Å²) in [7, 11) is 0. The lowest BCUT2D eigenvalue weighted by atomic mass is 9.33. The van der Waals surface area contributed by atoms with E-state index in [2.05, 4.69) is 33.8 Å². The molecule has 25 atom stereocenters. The Morgan fingerprint density at radius 3 is 2.04 bits per heavy atom. The van der Waals surface area contributed by atoms with E-state index in [4.69, 9.17) is 28.4 Å². The van der Waals surface area contributed by atoms with E-state index >= 15 is 0 Å². The first-order valence-corrected chi connectivity index (χ1v) is 24.0. The summed E-state index contributed by atoms with van der Waals surface area (Å²) in [5.41, 5.74) is -2.61. The molecule has 3 saturated heterocycles. The molecule has 5 aliphatic carbocycles. The van der Waals surface area contributed by atoms with Crippen LogP contribution in [0.4, 0.5) is 0 Å². The van der Waals surface area contributed by atoms with E-state index in [1.165, 1.54) is 5.57 Å². The summed E-state index contributed by atoms with van der Waals surface area (Å²) < 4.78 is 34.9. The Kier molecular flexibility index (Phi) is 13.8. The minimum Gasteiger partial charge on any atom is -0.479 e. The normalized spacial score (nSPS) is 55.5. The molecule has 8 aliphatic rings. The number of carbonyl (C=O) groups excluding carboxylic acids is 1. The van der Waals surface area contributed by atoms with Crippen LogP contribution in [-0.2, 0) is 38.0 Å². The zero-order chi connectivity index (χ0) is 49.1. The standard InChI is InChI=1S/C47H74O20/c1-42(41(61)67-39-34(58)30(54)29(53)23(17-48)63-39)15-21-20-7-8-25-44(3)11-10-27(45(4,19-49)24(44)9-12-47(25,6)46(20,5)14-13-43(21,2)26(51)16-42)64-40-36(32(56)31(55)35(65-40)37(59)60)66-38-33(57)28(52)22(50)18-62-38/h7,21-36,38-40,48-58H,8-19H2,1-6H3,(H,59,60). The van der Waals surface area contributed by atoms with Crippen molar-refractivity contribution in [3.05, 3.63) is 11.6 Å². The van der Waals surface area contributed by atoms with E-state index in [1.54, 1.807) is 6.92 Å². The van der Waals surface area contributed by atoms with Crippen molar-refractivity contribution in [3.8, 4) is 0 Å². The summed E-state index contributed by atoms with van der Waals surface area (Å²) in [5, 5.41) is 128. The molecule has 20 nitrogen and oxygen atoms in total. The van der Waals surface area contributed by atoms with E-state index in [0.717, 1.165) is 12.8 Å². The Labute approximate surface area is 389 Å². The van der Waals surface area contributed by atoms with Crippen LogP contribution in [0.25, 0.3) is 0 Å². The maximum atomic E-state index is 14.2. The predicted octanol–water partition coefficient (Wildman–Crippen LogP) is -1.18. The first-order chi connectivity index (χ1) is 31.3. The average Bonchev–Trinajstić information content (AvgIpc) is 3.28. The van der Waals surface area contributed by atoms with Crippen LogP contribution in [0.5, 0.6) is 0 Å². The molecule has 0 aromatic heterocycles. The fraction of sp³-hybridized carbons (Fsp3) is 0.915. The van der Waals surface area contributed by atoms with Gasteiger partial charge in [0.15, 0.2) is 18.7 Å². The molecule has 20 heteroatoms. The van der Waals surface area contributed by atoms with Crippen molar-refractivity contribution in [2.24, 2.45) is 50.2 Å². The lowest BCUT2D eigenvalue weighted by molar-refractivity contribution is -0.367. The molecule has 12 N–H and O–H groups in total. The number of carbonyl (C=O) groups is 2. The third-order valence-corrected chi connectivity index (χ3v) is 19.4. The molecular weight excluding hydrogens is 884 g/mol. The second kappa shape index (κ2) is 18.0. The van der Waals surface area contributed by atoms with Crippen LogP contribution in [0, 0.1) is 50.2 Å². The summed E-state index contributed by atoms with van der Waals surface area (Å²) in [5.74, 6) is -2.58. The molecule has 0 bridgehead atoms. The molecule has 7 fully saturated rings. The van der Waals surface area contributed by atoms with E-state index < -0.39 is 140 Å². The Hall–Kier alpha value is -1.96. The Morgan fingerprint density at radius 2 is 1.39 bits per heavy atom. The fourth-order valence-electron chi connectivity index (χ4n) is 14.8. The SMILES string of the molecule is CC1(C(=O)OC2OC(CO)C(O)C(O)C2O)CC(O)C2(C)CCC3(C)C(=CCC4C5(C)CCC(OC6OC(C(=O)O)C(O)C(O)C6OC6OCC(O)C(O)C6O)C(C)(CO)C5CCC43C)C2C1. The first kappa shape index (κ1) is 51.4. The van der Waals surface area contributed by atoms with Gasteiger partial charge in [0.25, 0.3) is 0 Å². The number of esters is 1. The lowest BCUT2D eigenvalue weighted by Gasteiger charge is -2.71. The molecule has 0 radical (unpaired) electrons. The van der Waals surface area contributed by atoms with E-state index in [-0.39, 0.29) is 47.0 Å². The number of ether oxygens (including phenoxy) is 6. The largest absolute Gasteiger partial charge is 0.479 e. The average molecular weight is 959 g/mol. The quantitative estimate of drug-likeness (QED) is 0.0735. The van der Waals surface area contributed by atoms with Gasteiger partial charge in [-0.25, -0.2) is 4.79 Å². The maximum Gasteiger partial charge on any atom is 0.335 e. The van der Waals surface area contributed by atoms with Gasteiger partial charge in [-0.2, -0.15) is 0 Å². The summed E-state index contributed by atoms with van der Waals surface area (Å²) in [4.78, 5) is 26.4. The van der Waals surface area contributed by atoms with Gasteiger partial charge in [-0.15, -0.1) is 0 Å². The highest BCUT2D eigenvalue weighted by atomic mass is 16.8. The van der Waals surface area contributed by atoms with Crippen LogP contribution < -0.4 is 0 Å². The van der Waals surface area contributed by atoms with Crippen molar-refractivity contribution in [2.45, 2.75) is 198 Å². The molecule has 8 rings (SSSR count). The zero-order valence-electron chi connectivity index (χ0n) is 39.2. The number of fused-ring (bicyclic) bond motifs is 7. The topological polar surface area (TPSA) is 332 Å². The fourth-order valence-corrected chi connectivity index (χ4v) is 14.8. The summed E-state index contributed by atoms with van der Waals surface area (Å²) in [6.07, 6.45) is -18.0. The minimum absolute atomic E-state index is 0.0850. The minimum atomic E-state index is -1.98. The monoisotopic (exact) mass is 958 g/mol. The molecule has 4 saturated carbocycles. The van der Waals surface area contributed by atoms with Gasteiger partial charge < -0.3 is 89.7 Å². The highest BCUT2D eigenvalue weighted by Gasteiger charge is 2.70. The van der Waals surface area contributed by atoms with Gasteiger partial charge in [-0.05, 0) is 98.7 Å². The molecule has 0 amide bonds. The number of carboxylic acid groups (broad SMARTS) is 1. The summed E-state index contributed by atoms with van der Waals surface area (Å²) in [6, 6.07) is 0. The number of allylic oxidation sites excluding steroid dienone is 2. The lowest BCUT2D eigenvalue weighted by Crippen LogP contribution is -2.68. The second-order valence-electron chi connectivity index (χ2n) is 22.9. The van der Waals surface area contributed by atoms with Gasteiger partial charge in [-0.1, -0.05) is 46.3 Å². The smallest absolute Gasteiger partial charge is 0.335 e. The molecule has 3 heterocycles. The van der Waals surface area contributed by atoms with Crippen LogP contribution >= 0.6 is 0 Å². The number of rotatable bonds is 9. The molecular formula is C47H74O20. The van der Waals surface area contributed by atoms with Gasteiger partial charge in [-0.3, -0.25) is 4.79 Å². The molecule has 3 aliphatic heterocycles. The van der Waals surface area contributed by atoms with Crippen LogP contribution in [0.2, 0.25) is 0 Å². The molecule has 382 valence electrons. The Bertz CT molecular complexity index is 1890. The third-order valence-electron chi connectivity index (χ3n) is 19.4. The van der Waals surface area contributed by atoms with E-state index in [0.29, 0.717) is 38.5 Å². The third kappa shape index (κ3) is 7.86. The highest BCUT2D eigenvalue weighted by Crippen LogP contribution is 2.76. The molecule has 0 aromatic carbocycles. The van der Waals surface area contributed by atoms with Crippen LogP contribution in [0.1, 0.15) is 99.3 Å². The van der Waals surface area contributed by atoms with Crippen molar-refractivity contribution < 1.29 is 99.3 Å². The number of hydrogen-bond acceptors (Lipinski definition) is 19. The number of carboxylic acids is 1. The van der Waals surface area contributed by atoms with Gasteiger partial charge in [0.05, 0.1) is 37.4 Å². The summed E-state index contributed by atoms with van der Waals surface area (Å²) >= 11 is 0. The van der Waals surface area contributed by atoms with Crippen molar-refractivity contribution in [2.75, 3.05) is 19.8 Å². The highest BCUT2D eigenvalue weighted by molar-refractivity contribution is 5.77. The van der Waals surface area contributed by atoms with Crippen molar-refractivity contribution in [3.63, 3.8) is 0 Å². The molecule has 0 spiro atoms. The van der Waals surface area contributed by atoms with Gasteiger partial charge in [0.2, 0.25) is 6.29 Å². The second-order valence-corrected chi connectivity index (χ2v) is 22.9. The van der Waals surface area contributed by atoms with Crippen molar-refractivity contribution in [1.29, 1.82) is 0 Å². The van der Waals surface area contributed by atoms with Crippen molar-refractivity contribution >= 4 is 11.9 Å². The van der Waals surface area contributed by atoms with Gasteiger partial charge in [0, 0.05) is 10.8 Å². The Balaban J connectivity index is 1.05. The zero-order valence-corrected chi connectivity index (χ0v) is 39.2. The first-order valence-electron chi connectivity index (χ1n) is 24.0. The van der Waals surface area contributed by atoms with Crippen molar-refractivity contribution in [1.82, 2.24) is 0 Å². The molecule has 67 heavy (non-hydrogen) atoms. The van der Waals surface area contributed by atoms with Crippen LogP contribution in [0.3, 0.4) is 0 Å². The number of hydrogen-bond donors (Lipinski definition) is 12. The number of aliphatic carboxylic acids is 1. The van der Waals surface area contributed by atoms with E-state index in [1.807, 2.05) is 6.92 Å². The number of aliphatic hydroxyl groups excluding tert-OH is 11.